The lowest BCUT2D eigenvalue weighted by molar-refractivity contribution is -0.130. The second-order valence-corrected chi connectivity index (χ2v) is 9.64. The summed E-state index contributed by atoms with van der Waals surface area (Å²) >= 11 is 1.41. The van der Waals surface area contributed by atoms with E-state index < -0.39 is 0 Å². The molecule has 0 bridgehead atoms. The van der Waals surface area contributed by atoms with E-state index in [2.05, 4.69) is 4.98 Å². The van der Waals surface area contributed by atoms with Gasteiger partial charge in [0.05, 0.1) is 6.04 Å². The number of carbonyl (C=O) groups excluding carboxylic acids is 2. The molecule has 2 aliphatic rings. The topological polar surface area (TPSA) is 62.7 Å². The third kappa shape index (κ3) is 4.55. The van der Waals surface area contributed by atoms with E-state index in [4.69, 9.17) is 4.74 Å². The molecular formula is C26H26FN3O3S. The minimum absolute atomic E-state index is 0.0176. The number of likely N-dealkylation sites (tertiary alicyclic amines) is 1. The molecule has 6 nitrogen and oxygen atoms in total. The second kappa shape index (κ2) is 9.54. The number of amides is 2. The highest BCUT2D eigenvalue weighted by molar-refractivity contribution is 7.09. The number of aromatic nitrogens is 1. The van der Waals surface area contributed by atoms with Crippen LogP contribution in [0.3, 0.4) is 0 Å². The molecule has 8 heteroatoms. The average molecular weight is 480 g/mol. The smallest absolute Gasteiger partial charge is 0.273 e. The molecule has 34 heavy (non-hydrogen) atoms. The average Bonchev–Trinajstić information content (AvgIpc) is 3.54. The van der Waals surface area contributed by atoms with Crippen LogP contribution in [-0.4, -0.2) is 46.2 Å². The van der Waals surface area contributed by atoms with Gasteiger partial charge in [0.2, 0.25) is 5.91 Å². The number of nitrogens with zero attached hydrogens (tertiary/aromatic N) is 3. The molecule has 1 saturated heterocycles. The van der Waals surface area contributed by atoms with Crippen molar-refractivity contribution in [3.8, 4) is 5.75 Å². The van der Waals surface area contributed by atoms with Crippen molar-refractivity contribution in [2.24, 2.45) is 0 Å². The maximum atomic E-state index is 14.0. The normalized spacial score (nSPS) is 17.5. The van der Waals surface area contributed by atoms with Gasteiger partial charge in [-0.25, -0.2) is 9.37 Å². The Kier molecular flexibility index (Phi) is 6.32. The summed E-state index contributed by atoms with van der Waals surface area (Å²) < 4.78 is 20.0. The fourth-order valence-electron chi connectivity index (χ4n) is 4.76. The van der Waals surface area contributed by atoms with E-state index in [9.17, 15) is 14.0 Å². The number of halogens is 1. The number of carbonyl (C=O) groups is 2. The Morgan fingerprint density at radius 3 is 2.74 bits per heavy atom. The zero-order valence-corrected chi connectivity index (χ0v) is 19.8. The lowest BCUT2D eigenvalue weighted by Crippen LogP contribution is -2.39. The van der Waals surface area contributed by atoms with E-state index in [1.165, 1.54) is 23.5 Å². The summed E-state index contributed by atoms with van der Waals surface area (Å²) in [4.78, 5) is 33.0. The van der Waals surface area contributed by atoms with Gasteiger partial charge < -0.3 is 14.5 Å². The highest BCUT2D eigenvalue weighted by Crippen LogP contribution is 2.37. The van der Waals surface area contributed by atoms with Gasteiger partial charge in [0.1, 0.15) is 28.9 Å². The van der Waals surface area contributed by atoms with Crippen molar-refractivity contribution < 1.29 is 18.7 Å². The van der Waals surface area contributed by atoms with Gasteiger partial charge >= 0.3 is 0 Å². The number of thiazole rings is 1. The van der Waals surface area contributed by atoms with Crippen LogP contribution in [0.1, 0.15) is 58.0 Å². The Bertz CT molecular complexity index is 1220. The van der Waals surface area contributed by atoms with E-state index in [0.717, 1.165) is 54.0 Å². The van der Waals surface area contributed by atoms with E-state index in [1.54, 1.807) is 23.3 Å². The quantitative estimate of drug-likeness (QED) is 0.537. The highest BCUT2D eigenvalue weighted by atomic mass is 32.1. The van der Waals surface area contributed by atoms with Gasteiger partial charge in [0.25, 0.3) is 5.91 Å². The van der Waals surface area contributed by atoms with Crippen molar-refractivity contribution in [1.29, 1.82) is 0 Å². The first kappa shape index (κ1) is 22.5. The van der Waals surface area contributed by atoms with Crippen LogP contribution in [0.2, 0.25) is 0 Å². The van der Waals surface area contributed by atoms with Gasteiger partial charge in [-0.1, -0.05) is 18.2 Å². The van der Waals surface area contributed by atoms with Crippen LogP contribution in [0.25, 0.3) is 0 Å². The minimum atomic E-state index is -0.370. The number of hydrogen-bond donors (Lipinski definition) is 0. The van der Waals surface area contributed by atoms with Crippen molar-refractivity contribution in [3.05, 3.63) is 81.1 Å². The Morgan fingerprint density at radius 1 is 1.15 bits per heavy atom. The first-order valence-corrected chi connectivity index (χ1v) is 12.4. The lowest BCUT2D eigenvalue weighted by Gasteiger charge is -2.37. The molecule has 176 valence electrons. The summed E-state index contributed by atoms with van der Waals surface area (Å²) in [6.07, 6.45) is 2.82. The Morgan fingerprint density at radius 2 is 1.97 bits per heavy atom. The maximum absolute atomic E-state index is 14.0. The van der Waals surface area contributed by atoms with Crippen LogP contribution in [0.15, 0.2) is 47.8 Å². The third-order valence-corrected chi connectivity index (χ3v) is 7.26. The van der Waals surface area contributed by atoms with Crippen molar-refractivity contribution in [1.82, 2.24) is 14.8 Å². The fraction of sp³-hybridized carbons (Fsp3) is 0.346. The summed E-state index contributed by atoms with van der Waals surface area (Å²) in [5, 5.41) is 2.52. The Hall–Kier alpha value is -3.26. The first-order chi connectivity index (χ1) is 16.5. The molecule has 0 radical (unpaired) electrons. The van der Waals surface area contributed by atoms with Crippen molar-refractivity contribution in [2.45, 2.75) is 38.8 Å². The molecule has 0 saturated carbocycles. The van der Waals surface area contributed by atoms with E-state index in [1.807, 2.05) is 29.2 Å². The molecule has 5 rings (SSSR count). The number of rotatable bonds is 5. The minimum Gasteiger partial charge on any atom is -0.486 e. The Balaban J connectivity index is 1.36. The van der Waals surface area contributed by atoms with Crippen LogP contribution in [-0.2, 0) is 17.8 Å². The molecule has 1 fully saturated rings. The number of hydrogen-bond acceptors (Lipinski definition) is 5. The standard InChI is InChI=1S/C26H26FN3O3S/c1-17(31)30-12-9-18-7-8-21(14-22(18)25(30)19-5-4-6-20(27)13-19)33-15-24-28-23(16-34-24)26(32)29-10-2-3-11-29/h4-8,13-14,16,25H,2-3,9-12,15H2,1H3. The zero-order chi connectivity index (χ0) is 23.7. The molecule has 3 aromatic rings. The number of benzene rings is 2. The SMILES string of the molecule is CC(=O)N1CCc2ccc(OCc3nc(C(=O)N4CCCC4)cs3)cc2C1c1cccc(F)c1. The zero-order valence-electron chi connectivity index (χ0n) is 19.0. The summed E-state index contributed by atoms with van der Waals surface area (Å²) in [6.45, 7) is 3.96. The van der Waals surface area contributed by atoms with Gasteiger partial charge in [-0.05, 0) is 60.2 Å². The molecular weight excluding hydrogens is 453 g/mol. The van der Waals surface area contributed by atoms with Crippen LogP contribution >= 0.6 is 11.3 Å². The third-order valence-electron chi connectivity index (χ3n) is 6.44. The lowest BCUT2D eigenvalue weighted by atomic mass is 9.88. The van der Waals surface area contributed by atoms with Crippen molar-refractivity contribution in [3.63, 3.8) is 0 Å². The van der Waals surface area contributed by atoms with E-state index in [0.29, 0.717) is 18.0 Å². The predicted molar refractivity (Wildman–Crippen MR) is 127 cm³/mol. The van der Waals surface area contributed by atoms with Gasteiger partial charge in [-0.3, -0.25) is 9.59 Å². The molecule has 1 atom stereocenters. The first-order valence-electron chi connectivity index (χ1n) is 11.5. The fourth-order valence-corrected chi connectivity index (χ4v) is 5.44. The van der Waals surface area contributed by atoms with Crippen LogP contribution in [0, 0.1) is 5.82 Å². The number of ether oxygens (including phenoxy) is 1. The molecule has 3 heterocycles. The second-order valence-electron chi connectivity index (χ2n) is 8.70. The monoisotopic (exact) mass is 479 g/mol. The molecule has 0 N–H and O–H groups in total. The van der Waals surface area contributed by atoms with Crippen molar-refractivity contribution in [2.75, 3.05) is 19.6 Å². The maximum Gasteiger partial charge on any atom is 0.273 e. The molecule has 0 spiro atoms. The highest BCUT2D eigenvalue weighted by Gasteiger charge is 2.31. The van der Waals surface area contributed by atoms with Gasteiger partial charge in [-0.2, -0.15) is 0 Å². The molecule has 2 aliphatic heterocycles. The van der Waals surface area contributed by atoms with E-state index >= 15 is 0 Å². The van der Waals surface area contributed by atoms with Gasteiger partial charge in [0, 0.05) is 31.9 Å². The molecule has 1 aromatic heterocycles. The molecule has 2 aromatic carbocycles. The largest absolute Gasteiger partial charge is 0.486 e. The van der Waals surface area contributed by atoms with Crippen molar-refractivity contribution >= 4 is 23.2 Å². The van der Waals surface area contributed by atoms with Gasteiger partial charge in [0.15, 0.2) is 0 Å². The van der Waals surface area contributed by atoms with Crippen LogP contribution in [0.4, 0.5) is 4.39 Å². The van der Waals surface area contributed by atoms with Gasteiger partial charge in [-0.15, -0.1) is 11.3 Å². The predicted octanol–water partition coefficient (Wildman–Crippen LogP) is 4.59. The summed E-state index contributed by atoms with van der Waals surface area (Å²) in [7, 11) is 0. The van der Waals surface area contributed by atoms with E-state index in [-0.39, 0.29) is 30.3 Å². The molecule has 1 unspecified atom stereocenters. The van der Waals surface area contributed by atoms with Crippen LogP contribution < -0.4 is 4.74 Å². The Labute approximate surface area is 202 Å². The molecule has 0 aliphatic carbocycles. The van der Waals surface area contributed by atoms with Crippen LogP contribution in [0.5, 0.6) is 5.75 Å². The summed E-state index contributed by atoms with van der Waals surface area (Å²) in [5.74, 6) is 0.247. The number of fused-ring (bicyclic) bond motifs is 1. The summed E-state index contributed by atoms with van der Waals surface area (Å²) in [6, 6.07) is 11.9. The summed E-state index contributed by atoms with van der Waals surface area (Å²) in [5.41, 5.74) is 3.26. The molecule has 2 amide bonds.